The number of aliphatic hydroxyl groups excluding tert-OH is 1. The molecule has 0 atom stereocenters. The van der Waals surface area contributed by atoms with Crippen molar-refractivity contribution >= 4 is 11.6 Å². The minimum Gasteiger partial charge on any atom is -0.484 e. The first-order valence-corrected chi connectivity index (χ1v) is 5.95. The van der Waals surface area contributed by atoms with Crippen LogP contribution in [0.25, 0.3) is 0 Å². The third-order valence-electron chi connectivity index (χ3n) is 2.53. The molecule has 2 aromatic rings. The highest BCUT2D eigenvalue weighted by Crippen LogP contribution is 2.10. The van der Waals surface area contributed by atoms with Gasteiger partial charge < -0.3 is 15.2 Å². The molecule has 2 aromatic carbocycles. The summed E-state index contributed by atoms with van der Waals surface area (Å²) in [5.74, 6) is 0.439. The molecule has 19 heavy (non-hydrogen) atoms. The quantitative estimate of drug-likeness (QED) is 0.863. The Kier molecular flexibility index (Phi) is 4.53. The molecular weight excluding hydrogens is 242 g/mol. The second kappa shape index (κ2) is 6.56. The molecule has 0 heterocycles. The number of amides is 1. The molecule has 0 aromatic heterocycles. The summed E-state index contributed by atoms with van der Waals surface area (Å²) >= 11 is 0. The molecule has 0 radical (unpaired) electrons. The Morgan fingerprint density at radius 3 is 2.37 bits per heavy atom. The van der Waals surface area contributed by atoms with E-state index in [1.54, 1.807) is 36.4 Å². The first-order chi connectivity index (χ1) is 9.28. The fraction of sp³-hybridized carbons (Fsp3) is 0.133. The van der Waals surface area contributed by atoms with E-state index in [2.05, 4.69) is 5.32 Å². The number of carbonyl (C=O) groups excluding carboxylic acids is 1. The molecule has 0 aliphatic heterocycles. The largest absolute Gasteiger partial charge is 0.484 e. The van der Waals surface area contributed by atoms with E-state index in [4.69, 9.17) is 9.84 Å². The second-order valence-electron chi connectivity index (χ2n) is 4.00. The molecule has 0 aliphatic carbocycles. The summed E-state index contributed by atoms with van der Waals surface area (Å²) < 4.78 is 5.33. The molecule has 0 unspecified atom stereocenters. The number of para-hydroxylation sites is 1. The Balaban J connectivity index is 1.83. The summed E-state index contributed by atoms with van der Waals surface area (Å²) in [6, 6.07) is 16.2. The Labute approximate surface area is 111 Å². The predicted molar refractivity (Wildman–Crippen MR) is 72.9 cm³/mol. The predicted octanol–water partition coefficient (Wildman–Crippen LogP) is 2.20. The summed E-state index contributed by atoms with van der Waals surface area (Å²) in [6.07, 6.45) is 0. The third-order valence-corrected chi connectivity index (χ3v) is 2.53. The number of ether oxygens (including phenoxy) is 1. The molecule has 0 bridgehead atoms. The fourth-order valence-corrected chi connectivity index (χ4v) is 1.56. The summed E-state index contributed by atoms with van der Waals surface area (Å²) in [5.41, 5.74) is 1.48. The monoisotopic (exact) mass is 257 g/mol. The standard InChI is InChI=1S/C15H15NO3/c17-10-12-6-8-13(9-7-12)16-15(18)11-19-14-4-2-1-3-5-14/h1-9,17H,10-11H2,(H,16,18). The second-order valence-corrected chi connectivity index (χ2v) is 4.00. The lowest BCUT2D eigenvalue weighted by Crippen LogP contribution is -2.20. The molecule has 2 N–H and O–H groups in total. The van der Waals surface area contributed by atoms with Crippen molar-refractivity contribution in [2.75, 3.05) is 11.9 Å². The van der Waals surface area contributed by atoms with Gasteiger partial charge in [-0.05, 0) is 29.8 Å². The van der Waals surface area contributed by atoms with E-state index in [1.807, 2.05) is 18.2 Å². The fourth-order valence-electron chi connectivity index (χ4n) is 1.56. The molecule has 4 heteroatoms. The van der Waals surface area contributed by atoms with E-state index in [9.17, 15) is 4.79 Å². The van der Waals surface area contributed by atoms with Crippen LogP contribution < -0.4 is 10.1 Å². The molecule has 0 aliphatic rings. The van der Waals surface area contributed by atoms with Crippen molar-refractivity contribution in [3.05, 3.63) is 60.2 Å². The highest BCUT2D eigenvalue weighted by Gasteiger charge is 2.03. The van der Waals surface area contributed by atoms with Gasteiger partial charge in [-0.2, -0.15) is 0 Å². The van der Waals surface area contributed by atoms with Gasteiger partial charge in [-0.25, -0.2) is 0 Å². The molecule has 0 saturated heterocycles. The van der Waals surface area contributed by atoms with Crippen LogP contribution in [0.1, 0.15) is 5.56 Å². The van der Waals surface area contributed by atoms with Gasteiger partial charge >= 0.3 is 0 Å². The van der Waals surface area contributed by atoms with Gasteiger partial charge in [0, 0.05) is 5.69 Å². The third kappa shape index (κ3) is 4.12. The van der Waals surface area contributed by atoms with Crippen LogP contribution in [0.15, 0.2) is 54.6 Å². The smallest absolute Gasteiger partial charge is 0.262 e. The SMILES string of the molecule is O=C(COc1ccccc1)Nc1ccc(CO)cc1. The average Bonchev–Trinajstić information content (AvgIpc) is 2.47. The molecule has 0 fully saturated rings. The molecule has 98 valence electrons. The zero-order valence-corrected chi connectivity index (χ0v) is 10.4. The average molecular weight is 257 g/mol. The lowest BCUT2D eigenvalue weighted by atomic mass is 10.2. The van der Waals surface area contributed by atoms with Crippen molar-refractivity contribution in [2.45, 2.75) is 6.61 Å². The maximum atomic E-state index is 11.7. The molecule has 1 amide bonds. The number of hydrogen-bond donors (Lipinski definition) is 2. The van der Waals surface area contributed by atoms with E-state index >= 15 is 0 Å². The maximum absolute atomic E-state index is 11.7. The molecule has 4 nitrogen and oxygen atoms in total. The number of aliphatic hydroxyl groups is 1. The molecule has 0 saturated carbocycles. The number of nitrogens with one attached hydrogen (secondary N) is 1. The number of benzene rings is 2. The number of anilines is 1. The Morgan fingerprint density at radius 2 is 1.74 bits per heavy atom. The van der Waals surface area contributed by atoms with Gasteiger partial charge in [-0.1, -0.05) is 30.3 Å². The lowest BCUT2D eigenvalue weighted by Gasteiger charge is -2.07. The number of rotatable bonds is 5. The van der Waals surface area contributed by atoms with Crippen LogP contribution in [0.3, 0.4) is 0 Å². The van der Waals surface area contributed by atoms with Crippen molar-refractivity contribution in [3.8, 4) is 5.75 Å². The minimum absolute atomic E-state index is 0.00859. The van der Waals surface area contributed by atoms with Gasteiger partial charge in [0.2, 0.25) is 0 Å². The van der Waals surface area contributed by atoms with Gasteiger partial charge in [0.1, 0.15) is 5.75 Å². The first kappa shape index (κ1) is 13.1. The zero-order chi connectivity index (χ0) is 13.5. The minimum atomic E-state index is -0.222. The zero-order valence-electron chi connectivity index (χ0n) is 10.4. The Bertz CT molecular complexity index is 523. The van der Waals surface area contributed by atoms with Crippen LogP contribution in [-0.4, -0.2) is 17.6 Å². The Hall–Kier alpha value is -2.33. The van der Waals surface area contributed by atoms with Crippen LogP contribution in [-0.2, 0) is 11.4 Å². The summed E-state index contributed by atoms with van der Waals surface area (Å²) in [4.78, 5) is 11.7. The summed E-state index contributed by atoms with van der Waals surface area (Å²) in [5, 5.41) is 11.6. The van der Waals surface area contributed by atoms with Crippen LogP contribution >= 0.6 is 0 Å². The topological polar surface area (TPSA) is 58.6 Å². The van der Waals surface area contributed by atoms with Crippen LogP contribution in [0.4, 0.5) is 5.69 Å². The van der Waals surface area contributed by atoms with Gasteiger partial charge in [0.15, 0.2) is 6.61 Å². The van der Waals surface area contributed by atoms with Crippen LogP contribution in [0, 0.1) is 0 Å². The van der Waals surface area contributed by atoms with Crippen LogP contribution in [0.2, 0.25) is 0 Å². The van der Waals surface area contributed by atoms with Gasteiger partial charge in [-0.15, -0.1) is 0 Å². The van der Waals surface area contributed by atoms with E-state index in [-0.39, 0.29) is 19.1 Å². The highest BCUT2D eigenvalue weighted by atomic mass is 16.5. The molecule has 2 rings (SSSR count). The summed E-state index contributed by atoms with van der Waals surface area (Å²) in [6.45, 7) is -0.0445. The molecule has 0 spiro atoms. The van der Waals surface area contributed by atoms with Crippen molar-refractivity contribution in [1.29, 1.82) is 0 Å². The normalized spacial score (nSPS) is 9.95. The van der Waals surface area contributed by atoms with Gasteiger partial charge in [0.05, 0.1) is 6.61 Å². The summed E-state index contributed by atoms with van der Waals surface area (Å²) in [7, 11) is 0. The van der Waals surface area contributed by atoms with Gasteiger partial charge in [0.25, 0.3) is 5.91 Å². The van der Waals surface area contributed by atoms with Crippen molar-refractivity contribution in [3.63, 3.8) is 0 Å². The van der Waals surface area contributed by atoms with E-state index in [1.165, 1.54) is 0 Å². The first-order valence-electron chi connectivity index (χ1n) is 5.95. The van der Waals surface area contributed by atoms with Crippen molar-refractivity contribution in [1.82, 2.24) is 0 Å². The maximum Gasteiger partial charge on any atom is 0.262 e. The van der Waals surface area contributed by atoms with Crippen molar-refractivity contribution in [2.24, 2.45) is 0 Å². The van der Waals surface area contributed by atoms with Crippen molar-refractivity contribution < 1.29 is 14.6 Å². The van der Waals surface area contributed by atoms with E-state index < -0.39 is 0 Å². The Morgan fingerprint density at radius 1 is 1.05 bits per heavy atom. The van der Waals surface area contributed by atoms with E-state index in [0.717, 1.165) is 5.56 Å². The highest BCUT2D eigenvalue weighted by molar-refractivity contribution is 5.91. The van der Waals surface area contributed by atoms with E-state index in [0.29, 0.717) is 11.4 Å². The van der Waals surface area contributed by atoms with Crippen LogP contribution in [0.5, 0.6) is 5.75 Å². The molecular formula is C15H15NO3. The number of hydrogen-bond acceptors (Lipinski definition) is 3. The lowest BCUT2D eigenvalue weighted by molar-refractivity contribution is -0.118. The van der Waals surface area contributed by atoms with Gasteiger partial charge in [-0.3, -0.25) is 4.79 Å². The number of carbonyl (C=O) groups is 1.